The molecule has 1 aliphatic heterocycles. The van der Waals surface area contributed by atoms with Gasteiger partial charge in [0.15, 0.2) is 11.5 Å². The first kappa shape index (κ1) is 24.1. The largest absolute Gasteiger partial charge is 0.511 e. The van der Waals surface area contributed by atoms with Crippen molar-refractivity contribution in [3.05, 3.63) is 24.7 Å². The van der Waals surface area contributed by atoms with E-state index >= 15 is 0 Å². The number of fused-ring (bicyclic) bond motifs is 1. The van der Waals surface area contributed by atoms with E-state index in [-0.39, 0.29) is 34.3 Å². The average molecular weight is 525 g/mol. The molecule has 3 aromatic heterocycles. The molecule has 0 bridgehead atoms. The fourth-order valence-corrected chi connectivity index (χ4v) is 5.30. The third-order valence-electron chi connectivity index (χ3n) is 6.28. The minimum Gasteiger partial charge on any atom is -0.393 e. The molecule has 5 rings (SSSR count). The van der Waals surface area contributed by atoms with Gasteiger partial charge in [-0.3, -0.25) is 14.8 Å². The molecule has 4 heterocycles. The maximum absolute atomic E-state index is 12.9. The van der Waals surface area contributed by atoms with Crippen LogP contribution in [0.3, 0.4) is 0 Å². The Balaban J connectivity index is 1.40. The van der Waals surface area contributed by atoms with Crippen molar-refractivity contribution in [1.82, 2.24) is 33.7 Å². The van der Waals surface area contributed by atoms with E-state index in [9.17, 15) is 36.8 Å². The number of nitrogens with one attached hydrogen (secondary N) is 1. The van der Waals surface area contributed by atoms with Crippen molar-refractivity contribution in [3.8, 4) is 17.5 Å². The van der Waals surface area contributed by atoms with Gasteiger partial charge < -0.3 is 5.11 Å². The van der Waals surface area contributed by atoms with Crippen LogP contribution in [0.2, 0.25) is 0 Å². The number of aromatic nitrogens is 6. The number of rotatable bonds is 6. The van der Waals surface area contributed by atoms with Crippen LogP contribution in [0, 0.1) is 17.2 Å². The molecule has 2 N–H and O–H groups in total. The van der Waals surface area contributed by atoms with Crippen LogP contribution in [0.1, 0.15) is 19.3 Å². The first-order chi connectivity index (χ1) is 16.9. The molecule has 13 nitrogen and oxygen atoms in total. The number of amides is 1. The summed E-state index contributed by atoms with van der Waals surface area (Å²) >= 11 is 0. The number of sulfonamides is 1. The van der Waals surface area contributed by atoms with Crippen molar-refractivity contribution >= 4 is 27.5 Å². The predicted octanol–water partition coefficient (Wildman–Crippen LogP) is 0.471. The quantitative estimate of drug-likeness (QED) is 0.464. The zero-order chi connectivity index (χ0) is 25.9. The highest BCUT2D eigenvalue weighted by atomic mass is 32.2. The van der Waals surface area contributed by atoms with E-state index < -0.39 is 40.3 Å². The molecule has 0 spiro atoms. The number of nitriles is 1. The predicted molar refractivity (Wildman–Crippen MR) is 114 cm³/mol. The molecule has 1 saturated carbocycles. The summed E-state index contributed by atoms with van der Waals surface area (Å²) < 4.78 is 65.0. The maximum Gasteiger partial charge on any atom is 0.511 e. The molecule has 1 aliphatic carbocycles. The van der Waals surface area contributed by atoms with Crippen LogP contribution >= 0.6 is 0 Å². The Labute approximate surface area is 201 Å². The highest BCUT2D eigenvalue weighted by Gasteiger charge is 2.59. The number of hydrogen-bond acceptors (Lipinski definition) is 9. The smallest absolute Gasteiger partial charge is 0.393 e. The molecular weight excluding hydrogens is 507 g/mol. The molecular formula is C19H18F3N9O4S. The summed E-state index contributed by atoms with van der Waals surface area (Å²) in [5.41, 5.74) is -6.01. The van der Waals surface area contributed by atoms with Gasteiger partial charge in [0.1, 0.15) is 5.54 Å². The standard InChI is InChI=1S/C19H18F3N9O4S/c20-19(21,22)36(34,35)29-9-18(10-29,2-3-23)30-8-12(7-25-30)15-24-4-1-14-26-17(28-31(14)15)27-16(33)11-5-13(32)6-11/h1,4,7-8,11,13,32H,2,5-6,9-10H2,(H,27,28,33). The number of aliphatic hydroxyl groups excluding tert-OH is 1. The molecule has 1 amide bonds. The Kier molecular flexibility index (Phi) is 5.50. The number of anilines is 1. The molecule has 1 saturated heterocycles. The van der Waals surface area contributed by atoms with Gasteiger partial charge in [-0.15, -0.1) is 5.10 Å². The van der Waals surface area contributed by atoms with Gasteiger partial charge in [0.2, 0.25) is 11.9 Å². The van der Waals surface area contributed by atoms with Crippen LogP contribution in [0.15, 0.2) is 24.7 Å². The molecule has 0 radical (unpaired) electrons. The van der Waals surface area contributed by atoms with Crippen LogP contribution in [-0.4, -0.2) is 77.8 Å². The first-order valence-corrected chi connectivity index (χ1v) is 12.1. The second kappa shape index (κ2) is 8.21. The lowest BCUT2D eigenvalue weighted by atomic mass is 9.82. The lowest BCUT2D eigenvalue weighted by Crippen LogP contribution is -2.65. The molecule has 190 valence electrons. The highest BCUT2D eigenvalue weighted by molar-refractivity contribution is 7.90. The zero-order valence-electron chi connectivity index (χ0n) is 18.3. The fourth-order valence-electron chi connectivity index (χ4n) is 4.19. The summed E-state index contributed by atoms with van der Waals surface area (Å²) in [5.74, 6) is -0.379. The second-order valence-corrected chi connectivity index (χ2v) is 10.7. The van der Waals surface area contributed by atoms with Crippen molar-refractivity contribution in [3.63, 3.8) is 0 Å². The molecule has 3 aromatic rings. The summed E-state index contributed by atoms with van der Waals surface area (Å²) in [6, 6.07) is 3.43. The Morgan fingerprint density at radius 1 is 1.33 bits per heavy atom. The van der Waals surface area contributed by atoms with Crippen molar-refractivity contribution in [2.75, 3.05) is 18.4 Å². The summed E-state index contributed by atoms with van der Waals surface area (Å²) in [6.07, 6.45) is 4.18. The van der Waals surface area contributed by atoms with E-state index in [2.05, 4.69) is 25.5 Å². The normalized spacial score (nSPS) is 22.0. The summed E-state index contributed by atoms with van der Waals surface area (Å²) in [4.78, 5) is 20.8. The fraction of sp³-hybridized carbons (Fsp3) is 0.474. The minimum atomic E-state index is -5.53. The van der Waals surface area contributed by atoms with Gasteiger partial charge in [-0.2, -0.15) is 37.3 Å². The Bertz CT molecular complexity index is 1480. The van der Waals surface area contributed by atoms with Crippen molar-refractivity contribution < 1.29 is 31.5 Å². The monoisotopic (exact) mass is 525 g/mol. The minimum absolute atomic E-state index is 0.0241. The molecule has 36 heavy (non-hydrogen) atoms. The van der Waals surface area contributed by atoms with Crippen LogP contribution in [0.25, 0.3) is 17.0 Å². The Hall–Kier alpha value is -3.62. The SMILES string of the molecule is N#CCC1(n2cc(-c3nccc4nc(NC(=O)C5CC(O)C5)nn34)cn2)CN(S(=O)(=O)C(F)(F)F)C1. The van der Waals surface area contributed by atoms with Gasteiger partial charge in [0.05, 0.1) is 30.4 Å². The second-order valence-electron chi connectivity index (χ2n) is 8.74. The highest BCUT2D eigenvalue weighted by Crippen LogP contribution is 2.39. The Morgan fingerprint density at radius 2 is 2.06 bits per heavy atom. The molecule has 0 atom stereocenters. The van der Waals surface area contributed by atoms with E-state index in [1.54, 1.807) is 6.07 Å². The van der Waals surface area contributed by atoms with Gasteiger partial charge in [-0.1, -0.05) is 0 Å². The zero-order valence-corrected chi connectivity index (χ0v) is 19.1. The number of carbonyl (C=O) groups excluding carboxylic acids is 1. The van der Waals surface area contributed by atoms with Crippen molar-refractivity contribution in [2.24, 2.45) is 5.92 Å². The van der Waals surface area contributed by atoms with Gasteiger partial charge in [-0.05, 0) is 12.8 Å². The van der Waals surface area contributed by atoms with Crippen molar-refractivity contribution in [2.45, 2.75) is 36.4 Å². The molecule has 17 heteroatoms. The van der Waals surface area contributed by atoms with Crippen LogP contribution in [0.4, 0.5) is 19.1 Å². The summed E-state index contributed by atoms with van der Waals surface area (Å²) in [6.45, 7) is -1.15. The lowest BCUT2D eigenvalue weighted by Gasteiger charge is -2.47. The van der Waals surface area contributed by atoms with Crippen molar-refractivity contribution in [1.29, 1.82) is 5.26 Å². The van der Waals surface area contributed by atoms with E-state index in [0.717, 1.165) is 0 Å². The first-order valence-electron chi connectivity index (χ1n) is 10.6. The molecule has 2 fully saturated rings. The number of aliphatic hydroxyl groups is 1. The number of hydrogen-bond donors (Lipinski definition) is 2. The third kappa shape index (κ3) is 3.86. The van der Waals surface area contributed by atoms with Gasteiger partial charge >= 0.3 is 15.5 Å². The van der Waals surface area contributed by atoms with E-state index in [0.29, 0.717) is 24.1 Å². The van der Waals surface area contributed by atoms with Crippen LogP contribution in [-0.2, 0) is 20.4 Å². The van der Waals surface area contributed by atoms with Crippen LogP contribution < -0.4 is 5.32 Å². The number of halogens is 3. The molecule has 0 aromatic carbocycles. The van der Waals surface area contributed by atoms with Crippen LogP contribution in [0.5, 0.6) is 0 Å². The van der Waals surface area contributed by atoms with E-state index in [1.165, 1.54) is 27.8 Å². The molecule has 0 unspecified atom stereocenters. The van der Waals surface area contributed by atoms with E-state index in [1.807, 2.05) is 6.07 Å². The molecule has 2 aliphatic rings. The third-order valence-corrected chi connectivity index (χ3v) is 7.80. The maximum atomic E-state index is 12.9. The topological polar surface area (TPSA) is 171 Å². The summed E-state index contributed by atoms with van der Waals surface area (Å²) in [5, 5.41) is 29.6. The van der Waals surface area contributed by atoms with Gasteiger partial charge in [0.25, 0.3) is 0 Å². The van der Waals surface area contributed by atoms with E-state index in [4.69, 9.17) is 0 Å². The average Bonchev–Trinajstić information content (AvgIpc) is 3.39. The Morgan fingerprint density at radius 3 is 2.69 bits per heavy atom. The van der Waals surface area contributed by atoms with Gasteiger partial charge in [0, 0.05) is 37.5 Å². The number of nitrogens with zero attached hydrogens (tertiary/aromatic N) is 8. The van der Waals surface area contributed by atoms with Gasteiger partial charge in [-0.25, -0.2) is 13.4 Å². The summed E-state index contributed by atoms with van der Waals surface area (Å²) in [7, 11) is -5.53. The number of carbonyl (C=O) groups is 1. The lowest BCUT2D eigenvalue weighted by molar-refractivity contribution is -0.126. The number of alkyl halides is 3.